The smallest absolute Gasteiger partial charge is 0.260 e. The highest BCUT2D eigenvalue weighted by Gasteiger charge is 2.17. The lowest BCUT2D eigenvalue weighted by Gasteiger charge is -2.19. The molecule has 0 radical (unpaired) electrons. The standard InChI is InChI=1S/C14H14BrN3O2/c1-3-18(12-6-5-11(15)9-16-12)14(19)10-4-7-13(20-2)17-8-10/h4-9H,3H2,1-2H3. The van der Waals surface area contributed by atoms with Crippen molar-refractivity contribution in [1.82, 2.24) is 9.97 Å². The second kappa shape index (κ2) is 6.47. The predicted octanol–water partition coefficient (Wildman–Crippen LogP) is 2.91. The Morgan fingerprint density at radius 1 is 1.25 bits per heavy atom. The largest absolute Gasteiger partial charge is 0.481 e. The summed E-state index contributed by atoms with van der Waals surface area (Å²) in [6.45, 7) is 2.43. The third-order valence-electron chi connectivity index (χ3n) is 2.74. The monoisotopic (exact) mass is 335 g/mol. The summed E-state index contributed by atoms with van der Waals surface area (Å²) < 4.78 is 5.85. The first kappa shape index (κ1) is 14.5. The van der Waals surface area contributed by atoms with Crippen LogP contribution >= 0.6 is 15.9 Å². The number of halogens is 1. The van der Waals surface area contributed by atoms with Gasteiger partial charge in [0.1, 0.15) is 5.82 Å². The van der Waals surface area contributed by atoms with Crippen molar-refractivity contribution in [3.63, 3.8) is 0 Å². The molecule has 6 heteroatoms. The van der Waals surface area contributed by atoms with Crippen LogP contribution in [-0.4, -0.2) is 29.5 Å². The molecular weight excluding hydrogens is 322 g/mol. The van der Waals surface area contributed by atoms with Crippen LogP contribution in [0, 0.1) is 0 Å². The van der Waals surface area contributed by atoms with Crippen molar-refractivity contribution in [1.29, 1.82) is 0 Å². The third kappa shape index (κ3) is 3.14. The van der Waals surface area contributed by atoms with Gasteiger partial charge in [-0.05, 0) is 41.1 Å². The average molecular weight is 336 g/mol. The summed E-state index contributed by atoms with van der Waals surface area (Å²) in [4.78, 5) is 22.3. The summed E-state index contributed by atoms with van der Waals surface area (Å²) in [6, 6.07) is 7.00. The minimum absolute atomic E-state index is 0.141. The first-order valence-electron chi connectivity index (χ1n) is 6.09. The Hall–Kier alpha value is -1.95. The number of anilines is 1. The highest BCUT2D eigenvalue weighted by Crippen LogP contribution is 2.17. The van der Waals surface area contributed by atoms with E-state index < -0.39 is 0 Å². The van der Waals surface area contributed by atoms with E-state index in [9.17, 15) is 4.79 Å². The van der Waals surface area contributed by atoms with Gasteiger partial charge in [0, 0.05) is 29.5 Å². The van der Waals surface area contributed by atoms with Gasteiger partial charge >= 0.3 is 0 Å². The summed E-state index contributed by atoms with van der Waals surface area (Å²) in [5.74, 6) is 0.945. The quantitative estimate of drug-likeness (QED) is 0.861. The Morgan fingerprint density at radius 2 is 2.05 bits per heavy atom. The van der Waals surface area contributed by atoms with E-state index in [1.165, 1.54) is 13.3 Å². The molecular formula is C14H14BrN3O2. The van der Waals surface area contributed by atoms with E-state index in [4.69, 9.17) is 4.74 Å². The van der Waals surface area contributed by atoms with Crippen LogP contribution < -0.4 is 9.64 Å². The lowest BCUT2D eigenvalue weighted by molar-refractivity contribution is 0.0987. The highest BCUT2D eigenvalue weighted by atomic mass is 79.9. The maximum Gasteiger partial charge on any atom is 0.260 e. The molecule has 0 fully saturated rings. The van der Waals surface area contributed by atoms with Crippen molar-refractivity contribution in [2.75, 3.05) is 18.6 Å². The van der Waals surface area contributed by atoms with Gasteiger partial charge < -0.3 is 4.74 Å². The van der Waals surface area contributed by atoms with Crippen LogP contribution in [0.1, 0.15) is 17.3 Å². The van der Waals surface area contributed by atoms with Gasteiger partial charge in [-0.25, -0.2) is 9.97 Å². The number of pyridine rings is 2. The number of hydrogen-bond donors (Lipinski definition) is 0. The van der Waals surface area contributed by atoms with Crippen molar-refractivity contribution < 1.29 is 9.53 Å². The van der Waals surface area contributed by atoms with Crippen molar-refractivity contribution in [3.8, 4) is 5.88 Å². The highest BCUT2D eigenvalue weighted by molar-refractivity contribution is 9.10. The first-order chi connectivity index (χ1) is 9.65. The van der Waals surface area contributed by atoms with Gasteiger partial charge in [0.15, 0.2) is 0 Å². The lowest BCUT2D eigenvalue weighted by atomic mass is 10.2. The van der Waals surface area contributed by atoms with Gasteiger partial charge in [0.2, 0.25) is 5.88 Å². The van der Waals surface area contributed by atoms with E-state index in [1.807, 2.05) is 13.0 Å². The molecule has 0 N–H and O–H groups in total. The maximum absolute atomic E-state index is 12.5. The van der Waals surface area contributed by atoms with E-state index >= 15 is 0 Å². The Balaban J connectivity index is 2.26. The number of methoxy groups -OCH3 is 1. The van der Waals surface area contributed by atoms with Crippen molar-refractivity contribution in [2.24, 2.45) is 0 Å². The van der Waals surface area contributed by atoms with Gasteiger partial charge in [-0.2, -0.15) is 0 Å². The number of hydrogen-bond acceptors (Lipinski definition) is 4. The van der Waals surface area contributed by atoms with Crippen LogP contribution in [-0.2, 0) is 0 Å². The second-order valence-electron chi connectivity index (χ2n) is 3.97. The molecule has 20 heavy (non-hydrogen) atoms. The molecule has 0 aliphatic rings. The second-order valence-corrected chi connectivity index (χ2v) is 4.89. The Labute approximate surface area is 125 Å². The van der Waals surface area contributed by atoms with E-state index in [-0.39, 0.29) is 5.91 Å². The van der Waals surface area contributed by atoms with E-state index in [0.29, 0.717) is 23.8 Å². The van der Waals surface area contributed by atoms with Crippen LogP contribution in [0.15, 0.2) is 41.1 Å². The SMILES string of the molecule is CCN(C(=O)c1ccc(OC)nc1)c1ccc(Br)cn1. The minimum atomic E-state index is -0.141. The van der Waals surface area contributed by atoms with Gasteiger partial charge in [-0.15, -0.1) is 0 Å². The zero-order chi connectivity index (χ0) is 14.5. The fourth-order valence-electron chi connectivity index (χ4n) is 1.72. The summed E-state index contributed by atoms with van der Waals surface area (Å²) in [5.41, 5.74) is 0.498. The number of rotatable bonds is 4. The van der Waals surface area contributed by atoms with E-state index in [2.05, 4.69) is 25.9 Å². The summed E-state index contributed by atoms with van der Waals surface area (Å²) in [6.07, 6.45) is 3.17. The zero-order valence-corrected chi connectivity index (χ0v) is 12.8. The number of aromatic nitrogens is 2. The average Bonchev–Trinajstić information content (AvgIpc) is 2.50. The van der Waals surface area contributed by atoms with Crippen molar-refractivity contribution >= 4 is 27.7 Å². The molecule has 2 heterocycles. The fourth-order valence-corrected chi connectivity index (χ4v) is 1.96. The molecule has 2 aromatic rings. The predicted molar refractivity (Wildman–Crippen MR) is 80.1 cm³/mol. The van der Waals surface area contributed by atoms with Crippen LogP contribution in [0.5, 0.6) is 5.88 Å². The molecule has 2 aromatic heterocycles. The summed E-state index contributed by atoms with van der Waals surface area (Å²) >= 11 is 3.32. The van der Waals surface area contributed by atoms with E-state index in [0.717, 1.165) is 4.47 Å². The molecule has 0 unspecified atom stereocenters. The van der Waals surface area contributed by atoms with Crippen molar-refractivity contribution in [3.05, 3.63) is 46.7 Å². The lowest BCUT2D eigenvalue weighted by Crippen LogP contribution is -2.31. The summed E-state index contributed by atoms with van der Waals surface area (Å²) in [7, 11) is 1.54. The Kier molecular flexibility index (Phi) is 4.68. The van der Waals surface area contributed by atoms with Gasteiger partial charge in [-0.3, -0.25) is 9.69 Å². The fraction of sp³-hybridized carbons (Fsp3) is 0.214. The molecule has 0 bridgehead atoms. The third-order valence-corrected chi connectivity index (χ3v) is 3.21. The van der Waals surface area contributed by atoms with Gasteiger partial charge in [0.25, 0.3) is 5.91 Å². The molecule has 0 spiro atoms. The molecule has 104 valence electrons. The van der Waals surface area contributed by atoms with Crippen LogP contribution in [0.3, 0.4) is 0 Å². The molecule has 2 rings (SSSR count). The van der Waals surface area contributed by atoms with Crippen LogP contribution in [0.25, 0.3) is 0 Å². The topological polar surface area (TPSA) is 55.3 Å². The van der Waals surface area contributed by atoms with Gasteiger partial charge in [-0.1, -0.05) is 0 Å². The number of carbonyl (C=O) groups is 1. The first-order valence-corrected chi connectivity index (χ1v) is 6.88. The molecule has 0 aromatic carbocycles. The molecule has 0 aliphatic heterocycles. The number of amides is 1. The van der Waals surface area contributed by atoms with Crippen molar-refractivity contribution in [2.45, 2.75) is 6.92 Å². The van der Waals surface area contributed by atoms with E-state index in [1.54, 1.807) is 29.3 Å². The normalized spacial score (nSPS) is 10.2. The maximum atomic E-state index is 12.5. The zero-order valence-electron chi connectivity index (χ0n) is 11.2. The van der Waals surface area contributed by atoms with Crippen LogP contribution in [0.2, 0.25) is 0 Å². The van der Waals surface area contributed by atoms with Crippen LogP contribution in [0.4, 0.5) is 5.82 Å². The minimum Gasteiger partial charge on any atom is -0.481 e. The molecule has 1 amide bonds. The van der Waals surface area contributed by atoms with Gasteiger partial charge in [0.05, 0.1) is 12.7 Å². The Bertz CT molecular complexity index is 584. The molecule has 0 saturated carbocycles. The Morgan fingerprint density at radius 3 is 2.55 bits per heavy atom. The molecule has 0 saturated heterocycles. The number of carbonyl (C=O) groups excluding carboxylic acids is 1. The molecule has 0 aliphatic carbocycles. The molecule has 0 atom stereocenters. The molecule has 5 nitrogen and oxygen atoms in total. The number of nitrogens with zero attached hydrogens (tertiary/aromatic N) is 3. The number of ether oxygens (including phenoxy) is 1. The summed E-state index contributed by atoms with van der Waals surface area (Å²) in [5, 5.41) is 0.